The number of fused-ring (bicyclic) bond motifs is 2. The number of hydrogen-bond donors (Lipinski definition) is 2. The maximum Gasteiger partial charge on any atom is 0.257 e. The molecule has 2 heterocycles. The minimum atomic E-state index is -0.257. The van der Waals surface area contributed by atoms with Gasteiger partial charge in [0, 0.05) is 11.6 Å². The Balaban J connectivity index is 1.53. The van der Waals surface area contributed by atoms with Crippen molar-refractivity contribution in [3.8, 4) is 0 Å². The van der Waals surface area contributed by atoms with Crippen molar-refractivity contribution in [3.63, 3.8) is 0 Å². The number of hydrogen-bond acceptors (Lipinski definition) is 4. The minimum absolute atomic E-state index is 0.257. The van der Waals surface area contributed by atoms with Crippen LogP contribution in [0.3, 0.4) is 0 Å². The van der Waals surface area contributed by atoms with Gasteiger partial charge in [-0.2, -0.15) is 0 Å². The summed E-state index contributed by atoms with van der Waals surface area (Å²) in [6, 6.07) is 25.1. The largest absolute Gasteiger partial charge is 0.384 e. The van der Waals surface area contributed by atoms with E-state index in [2.05, 4.69) is 5.32 Å². The number of nitrogens with zero attached hydrogens (tertiary/aromatic N) is 3. The first kappa shape index (κ1) is 21.0. The quantitative estimate of drug-likeness (QED) is 0.383. The molecule has 33 heavy (non-hydrogen) atoms. The van der Waals surface area contributed by atoms with Gasteiger partial charge in [0.15, 0.2) is 5.65 Å². The van der Waals surface area contributed by atoms with E-state index in [4.69, 9.17) is 27.3 Å². The summed E-state index contributed by atoms with van der Waals surface area (Å²) in [4.78, 5) is 22.8. The van der Waals surface area contributed by atoms with Crippen molar-refractivity contribution in [2.75, 3.05) is 12.3 Å². The smallest absolute Gasteiger partial charge is 0.257 e. The zero-order valence-electron chi connectivity index (χ0n) is 17.8. The van der Waals surface area contributed by atoms with Crippen LogP contribution in [0.4, 0.5) is 5.82 Å². The van der Waals surface area contributed by atoms with Gasteiger partial charge in [-0.1, -0.05) is 66.2 Å². The summed E-state index contributed by atoms with van der Waals surface area (Å²) in [5.74, 6) is 0.0836. The molecule has 0 radical (unpaired) electrons. The number of carbonyl (C=O) groups excluding carboxylic acids is 1. The predicted octanol–water partition coefficient (Wildman–Crippen LogP) is 4.84. The molecule has 0 aliphatic carbocycles. The number of benzene rings is 3. The van der Waals surface area contributed by atoms with E-state index in [9.17, 15) is 4.79 Å². The van der Waals surface area contributed by atoms with E-state index in [1.54, 1.807) is 0 Å². The number of halogens is 1. The van der Waals surface area contributed by atoms with Crippen molar-refractivity contribution in [3.05, 3.63) is 101 Å². The van der Waals surface area contributed by atoms with Gasteiger partial charge in [0.2, 0.25) is 0 Å². The zero-order valence-corrected chi connectivity index (χ0v) is 18.6. The lowest BCUT2D eigenvalue weighted by atomic mass is 10.1. The lowest BCUT2D eigenvalue weighted by Crippen LogP contribution is -2.26. The van der Waals surface area contributed by atoms with Crippen molar-refractivity contribution < 1.29 is 4.79 Å². The van der Waals surface area contributed by atoms with Crippen LogP contribution in [0.15, 0.2) is 78.9 Å². The van der Waals surface area contributed by atoms with Crippen LogP contribution in [0.25, 0.3) is 22.2 Å². The van der Waals surface area contributed by atoms with E-state index < -0.39 is 0 Å². The molecule has 5 rings (SSSR count). The zero-order chi connectivity index (χ0) is 22.8. The summed E-state index contributed by atoms with van der Waals surface area (Å²) in [5, 5.41) is 3.66. The molecule has 164 valence electrons. The van der Waals surface area contributed by atoms with E-state index in [0.29, 0.717) is 46.2 Å². The Bertz CT molecular complexity index is 1450. The number of nitrogen functional groups attached to an aromatic ring is 1. The Labute approximate surface area is 196 Å². The van der Waals surface area contributed by atoms with Crippen LogP contribution in [-0.4, -0.2) is 27.0 Å². The second-order valence-corrected chi connectivity index (χ2v) is 8.29. The Morgan fingerprint density at radius 2 is 1.55 bits per heavy atom. The fourth-order valence-corrected chi connectivity index (χ4v) is 4.05. The highest BCUT2D eigenvalue weighted by atomic mass is 35.5. The van der Waals surface area contributed by atoms with Crippen LogP contribution in [-0.2, 0) is 13.0 Å². The summed E-state index contributed by atoms with van der Waals surface area (Å²) in [6.45, 7) is 0.941. The summed E-state index contributed by atoms with van der Waals surface area (Å²) in [7, 11) is 0. The first-order valence-electron chi connectivity index (χ1n) is 10.7. The van der Waals surface area contributed by atoms with Crippen molar-refractivity contribution >= 4 is 45.5 Å². The van der Waals surface area contributed by atoms with Crippen LogP contribution in [0.1, 0.15) is 21.5 Å². The van der Waals surface area contributed by atoms with Gasteiger partial charge in [-0.05, 0) is 41.8 Å². The summed E-state index contributed by atoms with van der Waals surface area (Å²) in [6.07, 6.45) is 0.727. The third kappa shape index (κ3) is 4.25. The lowest BCUT2D eigenvalue weighted by molar-refractivity contribution is 0.0956. The van der Waals surface area contributed by atoms with Gasteiger partial charge < -0.3 is 15.6 Å². The predicted molar refractivity (Wildman–Crippen MR) is 132 cm³/mol. The number of anilines is 1. The standard InChI is InChI=1S/C26H22ClN5O/c27-19-12-10-18(11-13-19)16-32-24(28)22(26(33)29-15-14-17-6-2-1-3-7-17)23-25(32)31-21-9-5-4-8-20(21)30-23/h1-13H,14-16,28H2,(H,29,33). The molecule has 1 amide bonds. The van der Waals surface area contributed by atoms with E-state index in [1.165, 1.54) is 0 Å². The van der Waals surface area contributed by atoms with Gasteiger partial charge in [-0.25, -0.2) is 9.97 Å². The van der Waals surface area contributed by atoms with Gasteiger partial charge in [-0.15, -0.1) is 0 Å². The van der Waals surface area contributed by atoms with E-state index >= 15 is 0 Å². The second kappa shape index (κ2) is 8.92. The molecule has 0 aliphatic rings. The SMILES string of the molecule is Nc1c(C(=O)NCCc2ccccc2)c2nc3ccccc3nc2n1Cc1ccc(Cl)cc1. The number of para-hydroxylation sites is 2. The van der Waals surface area contributed by atoms with E-state index in [-0.39, 0.29) is 5.91 Å². The first-order valence-corrected chi connectivity index (χ1v) is 11.1. The van der Waals surface area contributed by atoms with Crippen LogP contribution in [0.2, 0.25) is 5.02 Å². The highest BCUT2D eigenvalue weighted by molar-refractivity contribution is 6.30. The molecule has 6 nitrogen and oxygen atoms in total. The molecular weight excluding hydrogens is 434 g/mol. The number of aromatic nitrogens is 3. The lowest BCUT2D eigenvalue weighted by Gasteiger charge is -2.09. The third-order valence-corrected chi connectivity index (χ3v) is 5.87. The number of rotatable bonds is 6. The van der Waals surface area contributed by atoms with Gasteiger partial charge in [0.25, 0.3) is 5.91 Å². The molecule has 0 spiro atoms. The monoisotopic (exact) mass is 455 g/mol. The number of nitrogens with one attached hydrogen (secondary N) is 1. The fourth-order valence-electron chi connectivity index (χ4n) is 3.93. The molecule has 3 aromatic carbocycles. The van der Waals surface area contributed by atoms with Gasteiger partial charge in [0.05, 0.1) is 17.6 Å². The molecule has 3 N–H and O–H groups in total. The molecule has 0 atom stereocenters. The molecule has 7 heteroatoms. The summed E-state index contributed by atoms with van der Waals surface area (Å²) >= 11 is 6.04. The number of carbonyl (C=O) groups is 1. The van der Waals surface area contributed by atoms with Gasteiger partial charge in [0.1, 0.15) is 16.9 Å². The maximum atomic E-state index is 13.2. The Kier molecular flexibility index (Phi) is 5.67. The van der Waals surface area contributed by atoms with Crippen LogP contribution < -0.4 is 11.1 Å². The molecular formula is C26H22ClN5O. The van der Waals surface area contributed by atoms with E-state index in [0.717, 1.165) is 23.1 Å². The van der Waals surface area contributed by atoms with Crippen molar-refractivity contribution in [1.82, 2.24) is 19.9 Å². The summed E-state index contributed by atoms with van der Waals surface area (Å²) in [5.41, 5.74) is 11.6. The van der Waals surface area contributed by atoms with Crippen molar-refractivity contribution in [2.45, 2.75) is 13.0 Å². The normalized spacial score (nSPS) is 11.2. The average Bonchev–Trinajstić information content (AvgIpc) is 3.10. The summed E-state index contributed by atoms with van der Waals surface area (Å²) < 4.78 is 1.84. The maximum absolute atomic E-state index is 13.2. The Morgan fingerprint density at radius 1 is 0.879 bits per heavy atom. The Morgan fingerprint density at radius 3 is 2.27 bits per heavy atom. The molecule has 0 aliphatic heterocycles. The number of amides is 1. The van der Waals surface area contributed by atoms with E-state index in [1.807, 2.05) is 83.4 Å². The van der Waals surface area contributed by atoms with Crippen molar-refractivity contribution in [2.24, 2.45) is 0 Å². The second-order valence-electron chi connectivity index (χ2n) is 7.85. The van der Waals surface area contributed by atoms with Gasteiger partial charge >= 0.3 is 0 Å². The molecule has 0 saturated carbocycles. The number of nitrogens with two attached hydrogens (primary N) is 1. The molecule has 0 saturated heterocycles. The van der Waals surface area contributed by atoms with Crippen LogP contribution in [0, 0.1) is 0 Å². The van der Waals surface area contributed by atoms with Crippen LogP contribution >= 0.6 is 11.6 Å². The molecule has 0 bridgehead atoms. The van der Waals surface area contributed by atoms with Crippen LogP contribution in [0.5, 0.6) is 0 Å². The molecule has 5 aromatic rings. The molecule has 2 aromatic heterocycles. The third-order valence-electron chi connectivity index (χ3n) is 5.61. The highest BCUT2D eigenvalue weighted by Gasteiger charge is 2.24. The molecule has 0 unspecified atom stereocenters. The first-order chi connectivity index (χ1) is 16.1. The molecule has 0 fully saturated rings. The highest BCUT2D eigenvalue weighted by Crippen LogP contribution is 2.29. The Hall–Kier alpha value is -3.90. The topological polar surface area (TPSA) is 85.8 Å². The van der Waals surface area contributed by atoms with Gasteiger partial charge in [-0.3, -0.25) is 4.79 Å². The average molecular weight is 456 g/mol. The van der Waals surface area contributed by atoms with Crippen molar-refractivity contribution in [1.29, 1.82) is 0 Å². The fraction of sp³-hybridized carbons (Fsp3) is 0.115. The minimum Gasteiger partial charge on any atom is -0.384 e.